The van der Waals surface area contributed by atoms with E-state index in [2.05, 4.69) is 0 Å². The first-order valence-corrected chi connectivity index (χ1v) is 6.31. The normalized spacial score (nSPS) is 11.1. The molecule has 0 bridgehead atoms. The molecule has 0 unspecified atom stereocenters. The molecule has 1 aromatic carbocycles. The molecule has 0 saturated carbocycles. The summed E-state index contributed by atoms with van der Waals surface area (Å²) in [7, 11) is 2.64. The van der Waals surface area contributed by atoms with Crippen LogP contribution in [-0.4, -0.2) is 21.3 Å². The van der Waals surface area contributed by atoms with Crippen molar-refractivity contribution in [1.29, 1.82) is 0 Å². The Bertz CT molecular complexity index is 493. The van der Waals surface area contributed by atoms with Crippen LogP contribution >= 0.6 is 10.7 Å². The highest BCUT2D eigenvalue weighted by molar-refractivity contribution is 8.13. The van der Waals surface area contributed by atoms with E-state index in [-0.39, 0.29) is 16.4 Å². The monoisotopic (exact) mass is 248 g/mol. The van der Waals surface area contributed by atoms with Gasteiger partial charge in [0.25, 0.3) is 9.05 Å². The van der Waals surface area contributed by atoms with Gasteiger partial charge in [-0.25, -0.2) is 8.42 Å². The summed E-state index contributed by atoms with van der Waals surface area (Å²) in [4.78, 5) is 10.9. The molecule has 82 valence electrons. The molecule has 1 aromatic rings. The number of carbonyl (C=O) groups is 1. The lowest BCUT2D eigenvalue weighted by Crippen LogP contribution is -1.99. The van der Waals surface area contributed by atoms with Crippen LogP contribution in [0.5, 0.6) is 5.75 Å². The first kappa shape index (κ1) is 12.0. The summed E-state index contributed by atoms with van der Waals surface area (Å²) in [5.74, 6) is -0.107. The zero-order valence-electron chi connectivity index (χ0n) is 8.15. The molecule has 0 amide bonds. The van der Waals surface area contributed by atoms with Gasteiger partial charge >= 0.3 is 0 Å². The van der Waals surface area contributed by atoms with E-state index in [4.69, 9.17) is 15.4 Å². The molecular formula is C9H9ClO4S. The van der Waals surface area contributed by atoms with Crippen LogP contribution in [0.25, 0.3) is 0 Å². The third-order valence-corrected chi connectivity index (χ3v) is 3.19. The van der Waals surface area contributed by atoms with Crippen LogP contribution in [0.1, 0.15) is 17.3 Å². The number of methoxy groups -OCH3 is 1. The molecule has 0 aliphatic rings. The number of benzene rings is 1. The van der Waals surface area contributed by atoms with E-state index in [0.29, 0.717) is 5.56 Å². The molecular weight excluding hydrogens is 240 g/mol. The standard InChI is InChI=1S/C9H9ClO4S/c1-6(11)7-3-4-9(15(10,12)13)8(5-7)14-2/h3-5H,1-2H3. The van der Waals surface area contributed by atoms with Crippen LogP contribution in [0.15, 0.2) is 23.1 Å². The zero-order valence-corrected chi connectivity index (χ0v) is 9.72. The molecule has 15 heavy (non-hydrogen) atoms. The third kappa shape index (κ3) is 2.70. The molecule has 0 atom stereocenters. The number of Topliss-reactive ketones (excluding diaryl/α,β-unsaturated/α-hetero) is 1. The number of hydrogen-bond donors (Lipinski definition) is 0. The highest BCUT2D eigenvalue weighted by Gasteiger charge is 2.17. The van der Waals surface area contributed by atoms with E-state index in [1.807, 2.05) is 0 Å². The fourth-order valence-corrected chi connectivity index (χ4v) is 2.08. The van der Waals surface area contributed by atoms with E-state index >= 15 is 0 Å². The predicted octanol–water partition coefficient (Wildman–Crippen LogP) is 1.83. The summed E-state index contributed by atoms with van der Waals surface area (Å²) in [5, 5.41) is 0. The maximum absolute atomic E-state index is 11.1. The van der Waals surface area contributed by atoms with Gasteiger partial charge in [-0.05, 0) is 25.1 Å². The number of ketones is 1. The van der Waals surface area contributed by atoms with Gasteiger partial charge in [0.2, 0.25) is 0 Å². The number of halogens is 1. The van der Waals surface area contributed by atoms with Gasteiger partial charge in [0.1, 0.15) is 10.6 Å². The van der Waals surface area contributed by atoms with Gasteiger partial charge in [-0.2, -0.15) is 0 Å². The Balaban J connectivity index is 3.40. The average Bonchev–Trinajstić information content (AvgIpc) is 2.15. The Morgan fingerprint density at radius 1 is 1.40 bits per heavy atom. The lowest BCUT2D eigenvalue weighted by atomic mass is 10.1. The van der Waals surface area contributed by atoms with Crippen molar-refractivity contribution in [1.82, 2.24) is 0 Å². The van der Waals surface area contributed by atoms with Gasteiger partial charge in [-0.15, -0.1) is 0 Å². The molecule has 0 spiro atoms. The van der Waals surface area contributed by atoms with Gasteiger partial charge in [0, 0.05) is 16.2 Å². The summed E-state index contributed by atoms with van der Waals surface area (Å²) in [6.45, 7) is 1.38. The molecule has 0 N–H and O–H groups in total. The summed E-state index contributed by atoms with van der Waals surface area (Å²) in [5.41, 5.74) is 0.371. The van der Waals surface area contributed by atoms with E-state index in [1.54, 1.807) is 0 Å². The molecule has 0 radical (unpaired) electrons. The Labute approximate surface area is 92.2 Å². The second kappa shape index (κ2) is 4.20. The molecule has 0 saturated heterocycles. The highest BCUT2D eigenvalue weighted by atomic mass is 35.7. The number of rotatable bonds is 3. The number of carbonyl (C=O) groups excluding carboxylic acids is 1. The van der Waals surface area contributed by atoms with Gasteiger partial charge in [-0.3, -0.25) is 4.79 Å². The van der Waals surface area contributed by atoms with Crippen LogP contribution < -0.4 is 4.74 Å². The minimum atomic E-state index is -3.85. The molecule has 4 nitrogen and oxygen atoms in total. The Kier molecular flexibility index (Phi) is 3.36. The van der Waals surface area contributed by atoms with Gasteiger partial charge in [-0.1, -0.05) is 0 Å². The van der Waals surface area contributed by atoms with Crippen molar-refractivity contribution in [3.63, 3.8) is 0 Å². The van der Waals surface area contributed by atoms with Gasteiger partial charge in [0.05, 0.1) is 7.11 Å². The largest absolute Gasteiger partial charge is 0.495 e. The molecule has 0 heterocycles. The molecule has 0 aliphatic carbocycles. The number of hydrogen-bond acceptors (Lipinski definition) is 4. The molecule has 0 fully saturated rings. The van der Waals surface area contributed by atoms with Gasteiger partial charge < -0.3 is 4.74 Å². The summed E-state index contributed by atoms with van der Waals surface area (Å²) in [6, 6.07) is 3.98. The summed E-state index contributed by atoms with van der Waals surface area (Å²) < 4.78 is 27.0. The first-order valence-electron chi connectivity index (χ1n) is 4.00. The van der Waals surface area contributed by atoms with Crippen molar-refractivity contribution in [2.45, 2.75) is 11.8 Å². The smallest absolute Gasteiger partial charge is 0.264 e. The SMILES string of the molecule is COc1cc(C(C)=O)ccc1S(=O)(=O)Cl. The first-order chi connectivity index (χ1) is 6.86. The lowest BCUT2D eigenvalue weighted by molar-refractivity contribution is 0.101. The lowest BCUT2D eigenvalue weighted by Gasteiger charge is -2.06. The summed E-state index contributed by atoms with van der Waals surface area (Å²) >= 11 is 0. The Morgan fingerprint density at radius 2 is 2.00 bits per heavy atom. The topological polar surface area (TPSA) is 60.4 Å². The Morgan fingerprint density at radius 3 is 2.40 bits per heavy atom. The van der Waals surface area contributed by atoms with E-state index in [1.165, 1.54) is 32.2 Å². The maximum atomic E-state index is 11.1. The fraction of sp³-hybridized carbons (Fsp3) is 0.222. The van der Waals surface area contributed by atoms with Crippen LogP contribution in [0.3, 0.4) is 0 Å². The average molecular weight is 249 g/mol. The third-order valence-electron chi connectivity index (χ3n) is 1.83. The number of ether oxygens (including phenoxy) is 1. The second-order valence-electron chi connectivity index (χ2n) is 2.86. The zero-order chi connectivity index (χ0) is 11.6. The van der Waals surface area contributed by atoms with E-state index < -0.39 is 9.05 Å². The van der Waals surface area contributed by atoms with Crippen LogP contribution in [-0.2, 0) is 9.05 Å². The fourth-order valence-electron chi connectivity index (χ4n) is 1.09. The molecule has 0 aromatic heterocycles. The molecule has 0 aliphatic heterocycles. The predicted molar refractivity (Wildman–Crippen MR) is 56.0 cm³/mol. The minimum Gasteiger partial charge on any atom is -0.495 e. The van der Waals surface area contributed by atoms with Crippen molar-refractivity contribution < 1.29 is 17.9 Å². The van der Waals surface area contributed by atoms with Crippen molar-refractivity contribution in [3.8, 4) is 5.75 Å². The van der Waals surface area contributed by atoms with Crippen molar-refractivity contribution in [3.05, 3.63) is 23.8 Å². The van der Waals surface area contributed by atoms with Gasteiger partial charge in [0.15, 0.2) is 5.78 Å². The van der Waals surface area contributed by atoms with Crippen molar-refractivity contribution >= 4 is 25.5 Å². The Hall–Kier alpha value is -1.07. The van der Waals surface area contributed by atoms with E-state index in [9.17, 15) is 13.2 Å². The maximum Gasteiger partial charge on any atom is 0.264 e. The van der Waals surface area contributed by atoms with E-state index in [0.717, 1.165) is 0 Å². The quantitative estimate of drug-likeness (QED) is 0.605. The highest BCUT2D eigenvalue weighted by Crippen LogP contribution is 2.27. The van der Waals surface area contributed by atoms with Crippen molar-refractivity contribution in [2.24, 2.45) is 0 Å². The van der Waals surface area contributed by atoms with Crippen molar-refractivity contribution in [2.75, 3.05) is 7.11 Å². The molecule has 6 heteroatoms. The van der Waals surface area contributed by atoms with Crippen LogP contribution in [0.2, 0.25) is 0 Å². The minimum absolute atomic E-state index is 0.0673. The van der Waals surface area contributed by atoms with Crippen LogP contribution in [0.4, 0.5) is 0 Å². The second-order valence-corrected chi connectivity index (χ2v) is 5.39. The molecule has 1 rings (SSSR count). The summed E-state index contributed by atoms with van der Waals surface area (Å²) in [6.07, 6.45) is 0. The van der Waals surface area contributed by atoms with Crippen LogP contribution in [0, 0.1) is 0 Å².